The van der Waals surface area contributed by atoms with Crippen molar-refractivity contribution in [2.24, 2.45) is 16.6 Å². The molecule has 13 heavy (non-hydrogen) atoms. The van der Waals surface area contributed by atoms with Gasteiger partial charge in [0, 0.05) is 6.54 Å². The van der Waals surface area contributed by atoms with Gasteiger partial charge in [-0.15, -0.1) is 0 Å². The average molecular weight is 182 g/mol. The molecule has 2 aliphatic heterocycles. The van der Waals surface area contributed by atoms with Crippen molar-refractivity contribution >= 4 is 5.96 Å². The van der Waals surface area contributed by atoms with Crippen LogP contribution in [-0.2, 0) is 0 Å². The molecule has 4 nitrogen and oxygen atoms in total. The minimum absolute atomic E-state index is 0.171. The van der Waals surface area contributed by atoms with E-state index in [4.69, 9.17) is 5.73 Å². The summed E-state index contributed by atoms with van der Waals surface area (Å²) in [6, 6.07) is 0. The Labute approximate surface area is 79.0 Å². The zero-order valence-electron chi connectivity index (χ0n) is 8.14. The Kier molecular flexibility index (Phi) is 2.15. The molecule has 2 heterocycles. The molecule has 0 aliphatic carbocycles. The lowest BCUT2D eigenvalue weighted by molar-refractivity contribution is 0.193. The first kappa shape index (κ1) is 8.81. The van der Waals surface area contributed by atoms with Gasteiger partial charge in [-0.2, -0.15) is 0 Å². The normalized spacial score (nSPS) is 38.8. The number of nitrogens with zero attached hydrogens (tertiary/aromatic N) is 1. The highest BCUT2D eigenvalue weighted by atomic mass is 15.2. The fourth-order valence-electron chi connectivity index (χ4n) is 2.46. The van der Waals surface area contributed by atoms with Crippen molar-refractivity contribution in [1.29, 1.82) is 0 Å². The third-order valence-corrected chi connectivity index (χ3v) is 3.32. The number of nitrogens with two attached hydrogens (primary N) is 1. The number of aliphatic imine (C=N–C) groups is 1. The molecule has 1 spiro atoms. The van der Waals surface area contributed by atoms with Crippen LogP contribution in [0.5, 0.6) is 0 Å². The van der Waals surface area contributed by atoms with Crippen LogP contribution in [0.15, 0.2) is 4.99 Å². The van der Waals surface area contributed by atoms with Crippen molar-refractivity contribution in [2.45, 2.75) is 25.3 Å². The molecule has 2 rings (SSSR count). The minimum atomic E-state index is 0.171. The second kappa shape index (κ2) is 3.18. The topological polar surface area (TPSA) is 62.4 Å². The van der Waals surface area contributed by atoms with Crippen LogP contribution in [0.3, 0.4) is 0 Å². The van der Waals surface area contributed by atoms with Crippen LogP contribution < -0.4 is 16.4 Å². The predicted octanol–water partition coefficient (Wildman–Crippen LogP) is -0.337. The quantitative estimate of drug-likeness (QED) is 0.520. The van der Waals surface area contributed by atoms with Crippen LogP contribution in [0.4, 0.5) is 0 Å². The van der Waals surface area contributed by atoms with E-state index in [2.05, 4.69) is 22.5 Å². The first-order valence-electron chi connectivity index (χ1n) is 5.06. The molecule has 0 bridgehead atoms. The van der Waals surface area contributed by atoms with Crippen LogP contribution in [0.2, 0.25) is 0 Å². The van der Waals surface area contributed by atoms with Gasteiger partial charge in [0.05, 0.1) is 12.1 Å². The lowest BCUT2D eigenvalue weighted by Gasteiger charge is -2.41. The van der Waals surface area contributed by atoms with E-state index in [1.54, 1.807) is 0 Å². The third kappa shape index (κ3) is 1.39. The zero-order valence-corrected chi connectivity index (χ0v) is 8.14. The molecule has 1 saturated heterocycles. The van der Waals surface area contributed by atoms with E-state index < -0.39 is 0 Å². The molecule has 0 aromatic rings. The molecule has 74 valence electrons. The molecule has 2 unspecified atom stereocenters. The van der Waals surface area contributed by atoms with Gasteiger partial charge >= 0.3 is 0 Å². The number of guanidine groups is 1. The van der Waals surface area contributed by atoms with E-state index in [1.165, 1.54) is 6.42 Å². The smallest absolute Gasteiger partial charge is 0.189 e. The molecular formula is C9H18N4. The first-order chi connectivity index (χ1) is 6.27. The highest BCUT2D eigenvalue weighted by Crippen LogP contribution is 2.29. The lowest BCUT2D eigenvalue weighted by atomic mass is 9.77. The predicted molar refractivity (Wildman–Crippen MR) is 53.6 cm³/mol. The second-order valence-electron chi connectivity index (χ2n) is 4.04. The van der Waals surface area contributed by atoms with Gasteiger partial charge < -0.3 is 16.4 Å². The summed E-state index contributed by atoms with van der Waals surface area (Å²) in [4.78, 5) is 4.27. The summed E-state index contributed by atoms with van der Waals surface area (Å²) in [7, 11) is 0. The summed E-state index contributed by atoms with van der Waals surface area (Å²) < 4.78 is 0. The molecule has 0 aromatic carbocycles. The summed E-state index contributed by atoms with van der Waals surface area (Å²) in [6.07, 6.45) is 2.32. The van der Waals surface area contributed by atoms with E-state index in [1.807, 2.05) is 0 Å². The average Bonchev–Trinajstić information content (AvgIpc) is 2.49. The molecule has 2 aliphatic rings. The molecule has 4 N–H and O–H groups in total. The summed E-state index contributed by atoms with van der Waals surface area (Å²) >= 11 is 0. The molecule has 1 fully saturated rings. The number of hydrogen-bond acceptors (Lipinski definition) is 4. The number of nitrogens with one attached hydrogen (secondary N) is 2. The summed E-state index contributed by atoms with van der Waals surface area (Å²) in [5.74, 6) is 1.28. The largest absolute Gasteiger partial charge is 0.370 e. The summed E-state index contributed by atoms with van der Waals surface area (Å²) in [6.45, 7) is 5.26. The van der Waals surface area contributed by atoms with Crippen molar-refractivity contribution in [1.82, 2.24) is 10.6 Å². The van der Waals surface area contributed by atoms with Crippen LogP contribution in [0.25, 0.3) is 0 Å². The van der Waals surface area contributed by atoms with Gasteiger partial charge in [0.2, 0.25) is 0 Å². The highest BCUT2D eigenvalue weighted by molar-refractivity contribution is 5.80. The Morgan fingerprint density at radius 2 is 2.54 bits per heavy atom. The fourth-order valence-corrected chi connectivity index (χ4v) is 2.46. The van der Waals surface area contributed by atoms with Crippen molar-refractivity contribution < 1.29 is 0 Å². The van der Waals surface area contributed by atoms with Crippen molar-refractivity contribution in [3.05, 3.63) is 0 Å². The van der Waals surface area contributed by atoms with Crippen molar-refractivity contribution in [3.63, 3.8) is 0 Å². The molecule has 0 radical (unpaired) electrons. The molecule has 2 atom stereocenters. The monoisotopic (exact) mass is 182 g/mol. The maximum atomic E-state index is 5.68. The second-order valence-corrected chi connectivity index (χ2v) is 4.04. The number of rotatable bonds is 1. The molecule has 0 saturated carbocycles. The molecule has 0 amide bonds. The van der Waals surface area contributed by atoms with Crippen molar-refractivity contribution in [3.8, 4) is 0 Å². The minimum Gasteiger partial charge on any atom is -0.370 e. The Bertz CT molecular complexity index is 226. The Balaban J connectivity index is 2.10. The van der Waals surface area contributed by atoms with Gasteiger partial charge in [-0.3, -0.25) is 4.99 Å². The third-order valence-electron chi connectivity index (χ3n) is 3.32. The SMILES string of the molecule is CCC1CNCCC12CN=C(N)N2. The van der Waals surface area contributed by atoms with Crippen LogP contribution in [-0.4, -0.2) is 31.1 Å². The van der Waals surface area contributed by atoms with E-state index >= 15 is 0 Å². The highest BCUT2D eigenvalue weighted by Gasteiger charge is 2.42. The molecular weight excluding hydrogens is 164 g/mol. The van der Waals surface area contributed by atoms with Crippen LogP contribution in [0.1, 0.15) is 19.8 Å². The van der Waals surface area contributed by atoms with E-state index in [0.717, 1.165) is 26.1 Å². The van der Waals surface area contributed by atoms with Gasteiger partial charge in [0.25, 0.3) is 0 Å². The van der Waals surface area contributed by atoms with Gasteiger partial charge in [-0.05, 0) is 25.3 Å². The molecule has 0 aromatic heterocycles. The first-order valence-corrected chi connectivity index (χ1v) is 5.06. The van der Waals surface area contributed by atoms with Gasteiger partial charge in [0.1, 0.15) is 0 Å². The van der Waals surface area contributed by atoms with E-state index in [-0.39, 0.29) is 5.54 Å². The fraction of sp³-hybridized carbons (Fsp3) is 0.889. The standard InChI is InChI=1S/C9H18N4/c1-2-7-5-11-4-3-9(7)6-12-8(10)13-9/h7,11H,2-6H2,1H3,(H3,10,12,13). The van der Waals surface area contributed by atoms with Crippen LogP contribution >= 0.6 is 0 Å². The maximum Gasteiger partial charge on any atom is 0.189 e. The molecule has 4 heteroatoms. The van der Waals surface area contributed by atoms with Gasteiger partial charge in [0.15, 0.2) is 5.96 Å². The van der Waals surface area contributed by atoms with Crippen molar-refractivity contribution in [2.75, 3.05) is 19.6 Å². The lowest BCUT2D eigenvalue weighted by Crippen LogP contribution is -2.60. The maximum absolute atomic E-state index is 5.68. The Morgan fingerprint density at radius 3 is 3.15 bits per heavy atom. The van der Waals surface area contributed by atoms with E-state index in [0.29, 0.717) is 11.9 Å². The van der Waals surface area contributed by atoms with Crippen LogP contribution in [0, 0.1) is 5.92 Å². The van der Waals surface area contributed by atoms with Gasteiger partial charge in [-0.25, -0.2) is 0 Å². The summed E-state index contributed by atoms with van der Waals surface area (Å²) in [5.41, 5.74) is 5.85. The Morgan fingerprint density at radius 1 is 1.69 bits per heavy atom. The summed E-state index contributed by atoms with van der Waals surface area (Å²) in [5, 5.41) is 6.78. The zero-order chi connectivity index (χ0) is 9.31. The number of piperidine rings is 1. The Hall–Kier alpha value is -0.770. The van der Waals surface area contributed by atoms with E-state index in [9.17, 15) is 0 Å². The van der Waals surface area contributed by atoms with Gasteiger partial charge in [-0.1, -0.05) is 6.92 Å². The number of hydrogen-bond donors (Lipinski definition) is 3.